The third kappa shape index (κ3) is 5.46. The van der Waals surface area contributed by atoms with Crippen LogP contribution in [0, 0.1) is 11.8 Å². The molecule has 32 heavy (non-hydrogen) atoms. The molecule has 2 amide bonds. The summed E-state index contributed by atoms with van der Waals surface area (Å²) in [7, 11) is 0. The third-order valence-corrected chi connectivity index (χ3v) is 6.14. The molecule has 1 aromatic carbocycles. The molecular formula is C23H32N2O7. The number of phenols is 1. The van der Waals surface area contributed by atoms with Crippen LogP contribution in [0.3, 0.4) is 0 Å². The van der Waals surface area contributed by atoms with E-state index in [2.05, 4.69) is 10.6 Å². The molecule has 9 heteroatoms. The van der Waals surface area contributed by atoms with Gasteiger partial charge in [0.2, 0.25) is 11.8 Å². The van der Waals surface area contributed by atoms with Crippen LogP contribution >= 0.6 is 0 Å². The van der Waals surface area contributed by atoms with Gasteiger partial charge >= 0.3 is 0 Å². The van der Waals surface area contributed by atoms with Crippen molar-refractivity contribution in [3.8, 4) is 5.75 Å². The average molecular weight is 449 g/mol. The van der Waals surface area contributed by atoms with Crippen LogP contribution in [-0.4, -0.2) is 70.4 Å². The lowest BCUT2D eigenvalue weighted by atomic mass is 9.83. The Kier molecular flexibility index (Phi) is 7.53. The van der Waals surface area contributed by atoms with Crippen molar-refractivity contribution in [1.82, 2.24) is 10.6 Å². The standard InChI is InChI=1S/C23H32N2O7/c1-13(2)7-18(20(29)23(11-27)12-32-23)24-22(31)19(10-26)25-21(30)15-4-3-14-5-6-17(28)9-16(14)8-15/h5-6,9,13,15,18-19,26-28H,3-4,7-8,10-12H2,1-2H3,(H,24,31)(H,25,30). The van der Waals surface area contributed by atoms with E-state index in [-0.39, 0.29) is 24.2 Å². The fourth-order valence-corrected chi connectivity index (χ4v) is 4.14. The zero-order valence-electron chi connectivity index (χ0n) is 18.5. The molecule has 176 valence electrons. The van der Waals surface area contributed by atoms with Crippen molar-refractivity contribution in [3.63, 3.8) is 0 Å². The van der Waals surface area contributed by atoms with Crippen LogP contribution in [0.1, 0.15) is 37.8 Å². The number of hydrogen-bond donors (Lipinski definition) is 5. The number of aliphatic hydroxyl groups excluding tert-OH is 2. The Morgan fingerprint density at radius 3 is 2.47 bits per heavy atom. The predicted molar refractivity (Wildman–Crippen MR) is 115 cm³/mol. The first-order valence-corrected chi connectivity index (χ1v) is 11.0. The molecule has 0 aromatic heterocycles. The van der Waals surface area contributed by atoms with E-state index in [4.69, 9.17) is 4.74 Å². The number of Topliss-reactive ketones (excluding diaryl/α,β-unsaturated/α-hetero) is 1. The summed E-state index contributed by atoms with van der Waals surface area (Å²) in [5.41, 5.74) is 0.701. The Hall–Kier alpha value is -2.49. The lowest BCUT2D eigenvalue weighted by Crippen LogP contribution is -2.56. The van der Waals surface area contributed by atoms with E-state index in [9.17, 15) is 29.7 Å². The number of aryl methyl sites for hydroxylation is 1. The molecular weight excluding hydrogens is 416 g/mol. The van der Waals surface area contributed by atoms with Crippen molar-refractivity contribution in [2.45, 2.75) is 57.2 Å². The number of aromatic hydroxyl groups is 1. The van der Waals surface area contributed by atoms with Crippen LogP contribution in [0.15, 0.2) is 18.2 Å². The van der Waals surface area contributed by atoms with Gasteiger partial charge in [0.25, 0.3) is 0 Å². The van der Waals surface area contributed by atoms with Gasteiger partial charge in [0, 0.05) is 5.92 Å². The summed E-state index contributed by atoms with van der Waals surface area (Å²) in [4.78, 5) is 38.4. The molecule has 1 aliphatic heterocycles. The lowest BCUT2D eigenvalue weighted by Gasteiger charge is -2.27. The fraction of sp³-hybridized carbons (Fsp3) is 0.609. The Morgan fingerprint density at radius 1 is 1.16 bits per heavy atom. The van der Waals surface area contributed by atoms with Crippen LogP contribution in [0.2, 0.25) is 0 Å². The number of epoxide rings is 1. The minimum Gasteiger partial charge on any atom is -0.508 e. The molecule has 0 bridgehead atoms. The molecule has 0 saturated carbocycles. The molecule has 3 rings (SSSR count). The molecule has 1 saturated heterocycles. The van der Waals surface area contributed by atoms with E-state index in [1.54, 1.807) is 12.1 Å². The zero-order valence-corrected chi connectivity index (χ0v) is 18.5. The highest BCUT2D eigenvalue weighted by Gasteiger charge is 2.54. The molecule has 4 atom stereocenters. The lowest BCUT2D eigenvalue weighted by molar-refractivity contribution is -0.135. The van der Waals surface area contributed by atoms with Gasteiger partial charge in [-0.05, 0) is 54.9 Å². The summed E-state index contributed by atoms with van der Waals surface area (Å²) in [6.07, 6.45) is 2.04. The fourth-order valence-electron chi connectivity index (χ4n) is 4.14. The summed E-state index contributed by atoms with van der Waals surface area (Å²) in [6.45, 7) is 2.82. The van der Waals surface area contributed by atoms with Gasteiger partial charge in [0.1, 0.15) is 11.8 Å². The minimum absolute atomic E-state index is 0.0830. The Labute approximate surface area is 187 Å². The van der Waals surface area contributed by atoms with Gasteiger partial charge in [-0.25, -0.2) is 0 Å². The van der Waals surface area contributed by atoms with Gasteiger partial charge in [0.15, 0.2) is 11.4 Å². The number of rotatable bonds is 10. The van der Waals surface area contributed by atoms with Crippen molar-refractivity contribution >= 4 is 17.6 Å². The van der Waals surface area contributed by atoms with E-state index < -0.39 is 48.5 Å². The highest BCUT2D eigenvalue weighted by molar-refractivity contribution is 5.98. The van der Waals surface area contributed by atoms with E-state index >= 15 is 0 Å². The van der Waals surface area contributed by atoms with E-state index in [0.717, 1.165) is 11.1 Å². The maximum Gasteiger partial charge on any atom is 0.245 e. The largest absolute Gasteiger partial charge is 0.508 e. The minimum atomic E-state index is -1.27. The monoisotopic (exact) mass is 448 g/mol. The number of hydrogen-bond acceptors (Lipinski definition) is 7. The smallest absolute Gasteiger partial charge is 0.245 e. The van der Waals surface area contributed by atoms with Crippen LogP contribution in [0.5, 0.6) is 5.75 Å². The van der Waals surface area contributed by atoms with Crippen LogP contribution in [-0.2, 0) is 32.0 Å². The van der Waals surface area contributed by atoms with Crippen LogP contribution < -0.4 is 10.6 Å². The summed E-state index contributed by atoms with van der Waals surface area (Å²) in [5.74, 6) is -1.61. The molecule has 9 nitrogen and oxygen atoms in total. The number of fused-ring (bicyclic) bond motifs is 1. The number of phenolic OH excluding ortho intramolecular Hbond substituents is 1. The number of carbonyl (C=O) groups is 3. The zero-order chi connectivity index (χ0) is 23.5. The molecule has 0 radical (unpaired) electrons. The van der Waals surface area contributed by atoms with E-state index in [1.165, 1.54) is 0 Å². The highest BCUT2D eigenvalue weighted by Crippen LogP contribution is 2.30. The first-order valence-electron chi connectivity index (χ1n) is 11.0. The van der Waals surface area contributed by atoms with Crippen molar-refractivity contribution in [2.75, 3.05) is 19.8 Å². The third-order valence-electron chi connectivity index (χ3n) is 6.14. The number of aliphatic hydroxyl groups is 2. The SMILES string of the molecule is CC(C)CC(NC(=O)C(CO)NC(=O)C1CCc2ccc(O)cc2C1)C(=O)C1(CO)CO1. The summed E-state index contributed by atoms with van der Waals surface area (Å²) in [5, 5.41) is 34.1. The maximum atomic E-state index is 12.8. The van der Waals surface area contributed by atoms with Gasteiger partial charge in [0.05, 0.1) is 25.9 Å². The number of carbonyl (C=O) groups excluding carboxylic acids is 3. The van der Waals surface area contributed by atoms with Crippen LogP contribution in [0.4, 0.5) is 0 Å². The van der Waals surface area contributed by atoms with E-state index in [1.807, 2.05) is 19.9 Å². The van der Waals surface area contributed by atoms with Crippen molar-refractivity contribution < 1.29 is 34.4 Å². The Morgan fingerprint density at radius 2 is 1.88 bits per heavy atom. The topological polar surface area (TPSA) is 148 Å². The van der Waals surface area contributed by atoms with Gasteiger partial charge in [-0.3, -0.25) is 14.4 Å². The van der Waals surface area contributed by atoms with Gasteiger partial charge < -0.3 is 30.7 Å². The summed E-state index contributed by atoms with van der Waals surface area (Å²) in [6, 6.07) is 3.00. The Balaban J connectivity index is 1.63. The average Bonchev–Trinajstić information content (AvgIpc) is 3.56. The highest BCUT2D eigenvalue weighted by atomic mass is 16.6. The molecule has 1 fully saturated rings. The molecule has 1 aromatic rings. The quantitative estimate of drug-likeness (QED) is 0.312. The predicted octanol–water partition coefficient (Wildman–Crippen LogP) is -0.164. The number of amides is 2. The summed E-state index contributed by atoms with van der Waals surface area (Å²) < 4.78 is 5.13. The summed E-state index contributed by atoms with van der Waals surface area (Å²) >= 11 is 0. The normalized spacial score (nSPS) is 23.7. The van der Waals surface area contributed by atoms with E-state index in [0.29, 0.717) is 25.7 Å². The second kappa shape index (κ2) is 9.97. The molecule has 1 aliphatic carbocycles. The second-order valence-corrected chi connectivity index (χ2v) is 9.13. The molecule has 4 unspecified atom stereocenters. The number of benzene rings is 1. The molecule has 2 aliphatic rings. The Bertz CT molecular complexity index is 866. The first kappa shape index (κ1) is 24.2. The number of ether oxygens (including phenoxy) is 1. The molecule has 1 heterocycles. The first-order chi connectivity index (χ1) is 15.2. The van der Waals surface area contributed by atoms with Crippen LogP contribution in [0.25, 0.3) is 0 Å². The molecule has 0 spiro atoms. The van der Waals surface area contributed by atoms with Gasteiger partial charge in [-0.15, -0.1) is 0 Å². The molecule has 5 N–H and O–H groups in total. The van der Waals surface area contributed by atoms with Gasteiger partial charge in [-0.2, -0.15) is 0 Å². The second-order valence-electron chi connectivity index (χ2n) is 9.13. The number of nitrogens with one attached hydrogen (secondary N) is 2. The van der Waals surface area contributed by atoms with Crippen molar-refractivity contribution in [2.24, 2.45) is 11.8 Å². The number of ketones is 1. The maximum absolute atomic E-state index is 12.8. The van der Waals surface area contributed by atoms with Gasteiger partial charge in [-0.1, -0.05) is 19.9 Å². The van der Waals surface area contributed by atoms with Crippen molar-refractivity contribution in [1.29, 1.82) is 0 Å². The van der Waals surface area contributed by atoms with Crippen molar-refractivity contribution in [3.05, 3.63) is 29.3 Å².